The molecule has 2 aromatic carbocycles. The van der Waals surface area contributed by atoms with Gasteiger partial charge < -0.3 is 10.6 Å². The summed E-state index contributed by atoms with van der Waals surface area (Å²) in [5.41, 5.74) is 2.87. The van der Waals surface area contributed by atoms with E-state index in [0.717, 1.165) is 5.56 Å². The van der Waals surface area contributed by atoms with E-state index < -0.39 is 12.1 Å². The van der Waals surface area contributed by atoms with E-state index in [9.17, 15) is 22.8 Å². The Morgan fingerprint density at radius 2 is 1.64 bits per heavy atom. The first-order valence-corrected chi connectivity index (χ1v) is 9.45. The fourth-order valence-electron chi connectivity index (χ4n) is 2.28. The van der Waals surface area contributed by atoms with Crippen molar-refractivity contribution in [2.45, 2.75) is 20.0 Å². The summed E-state index contributed by atoms with van der Waals surface area (Å²) >= 11 is 1.33. The summed E-state index contributed by atoms with van der Waals surface area (Å²) in [6.07, 6.45) is -1.68. The standard InChI is InChI=1S/C20H19F3N2O2S/c1-12-4-6-14(7-5-12)17(26)11-18(28-3)25-16-9-8-15(10-13(16)2)24-19(27)20(21,22)23/h4-11,25H,1-3H3,(H,24,27)/b18-11-. The molecule has 0 aliphatic carbocycles. The second-order valence-corrected chi connectivity index (χ2v) is 6.90. The van der Waals surface area contributed by atoms with E-state index in [2.05, 4.69) is 5.32 Å². The van der Waals surface area contributed by atoms with Crippen molar-refractivity contribution in [2.75, 3.05) is 16.9 Å². The molecule has 0 radical (unpaired) electrons. The molecule has 0 bridgehead atoms. The number of amides is 1. The summed E-state index contributed by atoms with van der Waals surface area (Å²) in [6, 6.07) is 11.5. The van der Waals surface area contributed by atoms with E-state index in [-0.39, 0.29) is 11.5 Å². The Hall–Kier alpha value is -2.74. The first-order chi connectivity index (χ1) is 13.1. The van der Waals surface area contributed by atoms with Gasteiger partial charge in [-0.15, -0.1) is 11.8 Å². The van der Waals surface area contributed by atoms with Gasteiger partial charge in [0.1, 0.15) is 0 Å². The molecular formula is C20H19F3N2O2S. The number of carbonyl (C=O) groups is 2. The van der Waals surface area contributed by atoms with Gasteiger partial charge in [0.25, 0.3) is 0 Å². The molecule has 0 heterocycles. The third-order valence-electron chi connectivity index (χ3n) is 3.82. The molecule has 2 aromatic rings. The van der Waals surface area contributed by atoms with Crippen molar-refractivity contribution in [3.8, 4) is 0 Å². The average molecular weight is 408 g/mol. The van der Waals surface area contributed by atoms with Crippen LogP contribution in [0.15, 0.2) is 53.6 Å². The molecule has 0 fully saturated rings. The Bertz CT molecular complexity index is 907. The molecule has 2 N–H and O–H groups in total. The molecular weight excluding hydrogens is 389 g/mol. The zero-order chi connectivity index (χ0) is 20.9. The lowest BCUT2D eigenvalue weighted by Crippen LogP contribution is -2.29. The molecule has 0 aromatic heterocycles. The molecule has 0 unspecified atom stereocenters. The Morgan fingerprint density at radius 3 is 2.18 bits per heavy atom. The van der Waals surface area contributed by atoms with Crippen LogP contribution in [-0.4, -0.2) is 24.1 Å². The number of anilines is 2. The third kappa shape index (κ3) is 5.88. The second-order valence-electron chi connectivity index (χ2n) is 6.05. The summed E-state index contributed by atoms with van der Waals surface area (Å²) in [7, 11) is 0. The van der Waals surface area contributed by atoms with Crippen molar-refractivity contribution in [1.29, 1.82) is 0 Å². The Kier molecular flexibility index (Phi) is 6.90. The SMILES string of the molecule is CS/C(=C\C(=O)c1ccc(C)cc1)Nc1ccc(NC(=O)C(F)(F)F)cc1C. The number of rotatable bonds is 6. The van der Waals surface area contributed by atoms with Gasteiger partial charge in [0, 0.05) is 23.0 Å². The molecule has 0 saturated carbocycles. The van der Waals surface area contributed by atoms with Crippen LogP contribution in [0.2, 0.25) is 0 Å². The number of halogens is 3. The highest BCUT2D eigenvalue weighted by molar-refractivity contribution is 8.02. The van der Waals surface area contributed by atoms with Gasteiger partial charge in [-0.3, -0.25) is 9.59 Å². The summed E-state index contributed by atoms with van der Waals surface area (Å²) in [5, 5.41) is 5.48. The number of hydrogen-bond donors (Lipinski definition) is 2. The maximum absolute atomic E-state index is 12.4. The van der Waals surface area contributed by atoms with Crippen LogP contribution < -0.4 is 10.6 Å². The summed E-state index contributed by atoms with van der Waals surface area (Å²) in [5.74, 6) is -2.19. The monoisotopic (exact) mass is 408 g/mol. The molecule has 2 rings (SSSR count). The number of ketones is 1. The molecule has 28 heavy (non-hydrogen) atoms. The second kappa shape index (κ2) is 8.97. The van der Waals surface area contributed by atoms with E-state index in [0.29, 0.717) is 21.8 Å². The molecule has 148 valence electrons. The molecule has 0 aliphatic heterocycles. The van der Waals surface area contributed by atoms with Gasteiger partial charge >= 0.3 is 12.1 Å². The van der Waals surface area contributed by atoms with Crippen molar-refractivity contribution < 1.29 is 22.8 Å². The number of carbonyl (C=O) groups excluding carboxylic acids is 2. The quantitative estimate of drug-likeness (QED) is 0.503. The molecule has 0 saturated heterocycles. The first-order valence-electron chi connectivity index (χ1n) is 8.22. The maximum Gasteiger partial charge on any atom is 0.471 e. The molecule has 8 heteroatoms. The van der Waals surface area contributed by atoms with E-state index in [1.165, 1.54) is 30.0 Å². The predicted molar refractivity (Wildman–Crippen MR) is 107 cm³/mol. The van der Waals surface area contributed by atoms with Gasteiger partial charge in [-0.1, -0.05) is 29.8 Å². The number of benzene rings is 2. The van der Waals surface area contributed by atoms with E-state index in [1.807, 2.05) is 24.4 Å². The van der Waals surface area contributed by atoms with Gasteiger partial charge in [-0.05, 0) is 43.9 Å². The van der Waals surface area contributed by atoms with Gasteiger partial charge in [0.05, 0.1) is 5.03 Å². The highest BCUT2D eigenvalue weighted by Crippen LogP contribution is 2.25. The summed E-state index contributed by atoms with van der Waals surface area (Å²) < 4.78 is 37.0. The lowest BCUT2D eigenvalue weighted by atomic mass is 10.1. The Morgan fingerprint density at radius 1 is 1.00 bits per heavy atom. The summed E-state index contributed by atoms with van der Waals surface area (Å²) in [4.78, 5) is 23.4. The fourth-order valence-corrected chi connectivity index (χ4v) is 2.72. The molecule has 1 amide bonds. The fraction of sp³-hybridized carbons (Fsp3) is 0.200. The van der Waals surface area contributed by atoms with Crippen LogP contribution in [0.4, 0.5) is 24.5 Å². The normalized spacial score (nSPS) is 11.9. The molecule has 0 atom stereocenters. The van der Waals surface area contributed by atoms with Crippen LogP contribution in [0.1, 0.15) is 21.5 Å². The van der Waals surface area contributed by atoms with Gasteiger partial charge in [0.2, 0.25) is 0 Å². The van der Waals surface area contributed by atoms with Crippen LogP contribution in [-0.2, 0) is 4.79 Å². The maximum atomic E-state index is 12.4. The number of allylic oxidation sites excluding steroid dienone is 1. The first kappa shape index (κ1) is 21.6. The van der Waals surface area contributed by atoms with Crippen LogP contribution in [0.5, 0.6) is 0 Å². The minimum absolute atomic E-state index is 0.0378. The zero-order valence-electron chi connectivity index (χ0n) is 15.5. The number of aryl methyl sites for hydroxylation is 2. The van der Waals surface area contributed by atoms with Crippen molar-refractivity contribution in [1.82, 2.24) is 0 Å². The van der Waals surface area contributed by atoms with Crippen LogP contribution in [0, 0.1) is 13.8 Å². The highest BCUT2D eigenvalue weighted by Gasteiger charge is 2.38. The minimum atomic E-state index is -4.95. The van der Waals surface area contributed by atoms with Crippen LogP contribution in [0.3, 0.4) is 0 Å². The Labute approximate surface area is 165 Å². The summed E-state index contributed by atoms with van der Waals surface area (Å²) in [6.45, 7) is 3.62. The minimum Gasteiger partial charge on any atom is -0.350 e. The molecule has 0 aliphatic rings. The van der Waals surface area contributed by atoms with Crippen molar-refractivity contribution >= 4 is 34.8 Å². The van der Waals surface area contributed by atoms with Crippen LogP contribution >= 0.6 is 11.8 Å². The van der Waals surface area contributed by atoms with Crippen LogP contribution in [0.25, 0.3) is 0 Å². The predicted octanol–water partition coefficient (Wildman–Crippen LogP) is 5.30. The molecule has 4 nitrogen and oxygen atoms in total. The number of hydrogen-bond acceptors (Lipinski definition) is 4. The van der Waals surface area contributed by atoms with Crippen molar-refractivity contribution in [2.24, 2.45) is 0 Å². The van der Waals surface area contributed by atoms with E-state index in [1.54, 1.807) is 31.4 Å². The van der Waals surface area contributed by atoms with Crippen molar-refractivity contribution in [3.63, 3.8) is 0 Å². The number of nitrogens with one attached hydrogen (secondary N) is 2. The number of alkyl halides is 3. The van der Waals surface area contributed by atoms with Gasteiger partial charge in [-0.2, -0.15) is 13.2 Å². The highest BCUT2D eigenvalue weighted by atomic mass is 32.2. The van der Waals surface area contributed by atoms with Crippen molar-refractivity contribution in [3.05, 3.63) is 70.3 Å². The van der Waals surface area contributed by atoms with Gasteiger partial charge in [-0.25, -0.2) is 0 Å². The lowest BCUT2D eigenvalue weighted by Gasteiger charge is -2.14. The lowest BCUT2D eigenvalue weighted by molar-refractivity contribution is -0.167. The van der Waals surface area contributed by atoms with Gasteiger partial charge in [0.15, 0.2) is 5.78 Å². The third-order valence-corrected chi connectivity index (χ3v) is 4.48. The molecule has 0 spiro atoms. The average Bonchev–Trinajstić information content (AvgIpc) is 2.62. The van der Waals surface area contributed by atoms with E-state index >= 15 is 0 Å². The number of thioether (sulfide) groups is 1. The largest absolute Gasteiger partial charge is 0.471 e. The Balaban J connectivity index is 2.15. The zero-order valence-corrected chi connectivity index (χ0v) is 16.3. The smallest absolute Gasteiger partial charge is 0.350 e. The topological polar surface area (TPSA) is 58.2 Å². The van der Waals surface area contributed by atoms with E-state index in [4.69, 9.17) is 0 Å².